The van der Waals surface area contributed by atoms with Crippen LogP contribution in [0.4, 0.5) is 0 Å². The van der Waals surface area contributed by atoms with Gasteiger partial charge >= 0.3 is 0 Å². The molecule has 3 rings (SSSR count). The van der Waals surface area contributed by atoms with E-state index in [0.717, 1.165) is 23.5 Å². The van der Waals surface area contributed by atoms with Crippen LogP contribution in [0.3, 0.4) is 0 Å². The van der Waals surface area contributed by atoms with E-state index in [1.807, 2.05) is 18.2 Å². The number of nitrogens with zero attached hydrogens (tertiary/aromatic N) is 2. The van der Waals surface area contributed by atoms with Crippen molar-refractivity contribution in [1.82, 2.24) is 9.88 Å². The molecular weight excluding hydrogens is 280 g/mol. The van der Waals surface area contributed by atoms with E-state index < -0.39 is 0 Å². The molecule has 0 aliphatic heterocycles. The fraction of sp³-hybridized carbons (Fsp3) is 0.500. The fourth-order valence-electron chi connectivity index (χ4n) is 3.45. The van der Waals surface area contributed by atoms with Crippen LogP contribution in [0.2, 0.25) is 5.15 Å². The van der Waals surface area contributed by atoms with E-state index >= 15 is 0 Å². The van der Waals surface area contributed by atoms with E-state index in [9.17, 15) is 0 Å². The largest absolute Gasteiger partial charge is 0.299 e. The number of hydrogen-bond donors (Lipinski definition) is 0. The van der Waals surface area contributed by atoms with Crippen molar-refractivity contribution in [2.75, 3.05) is 7.05 Å². The molecule has 0 radical (unpaired) electrons. The lowest BCUT2D eigenvalue weighted by atomic mass is 9.86. The Labute approximate surface area is 132 Å². The maximum Gasteiger partial charge on any atom is 0.134 e. The van der Waals surface area contributed by atoms with Crippen molar-refractivity contribution in [1.29, 1.82) is 0 Å². The molecule has 0 N–H and O–H groups in total. The molecule has 0 saturated heterocycles. The molecular formula is C18H23ClN2. The maximum atomic E-state index is 6.38. The van der Waals surface area contributed by atoms with Crippen LogP contribution in [-0.2, 0) is 6.54 Å². The first-order valence-electron chi connectivity index (χ1n) is 7.88. The van der Waals surface area contributed by atoms with Crippen LogP contribution in [0.15, 0.2) is 30.3 Å². The normalized spacial score (nSPS) is 22.9. The fourth-order valence-corrected chi connectivity index (χ4v) is 3.65. The van der Waals surface area contributed by atoms with Crippen LogP contribution in [0.5, 0.6) is 0 Å². The summed E-state index contributed by atoms with van der Waals surface area (Å²) in [5.74, 6) is 0.844. The van der Waals surface area contributed by atoms with Crippen molar-refractivity contribution in [3.05, 3.63) is 41.0 Å². The van der Waals surface area contributed by atoms with Gasteiger partial charge in [0.1, 0.15) is 5.15 Å². The van der Waals surface area contributed by atoms with Crippen LogP contribution in [0, 0.1) is 5.92 Å². The highest BCUT2D eigenvalue weighted by atomic mass is 35.5. The molecule has 2 nitrogen and oxygen atoms in total. The third-order valence-electron chi connectivity index (χ3n) is 4.70. The first kappa shape index (κ1) is 14.8. The zero-order valence-electron chi connectivity index (χ0n) is 12.8. The lowest BCUT2D eigenvalue weighted by Gasteiger charge is -2.34. The topological polar surface area (TPSA) is 16.1 Å². The SMILES string of the molecule is CC1CCCC(N(C)Cc2cc3ccccc3nc2Cl)C1. The van der Waals surface area contributed by atoms with Gasteiger partial charge in [0, 0.05) is 23.5 Å². The van der Waals surface area contributed by atoms with Gasteiger partial charge in [0.2, 0.25) is 0 Å². The first-order chi connectivity index (χ1) is 10.1. The van der Waals surface area contributed by atoms with Gasteiger partial charge in [0.05, 0.1) is 5.52 Å². The summed E-state index contributed by atoms with van der Waals surface area (Å²) in [6.45, 7) is 3.25. The standard InChI is InChI=1S/C18H23ClN2/c1-13-6-5-8-16(10-13)21(2)12-15-11-14-7-3-4-9-17(14)20-18(15)19/h3-4,7,9,11,13,16H,5-6,8,10,12H2,1-2H3. The van der Waals surface area contributed by atoms with Gasteiger partial charge < -0.3 is 0 Å². The van der Waals surface area contributed by atoms with Crippen LogP contribution in [0.25, 0.3) is 10.9 Å². The molecule has 0 bridgehead atoms. The number of aromatic nitrogens is 1. The predicted molar refractivity (Wildman–Crippen MR) is 89.6 cm³/mol. The summed E-state index contributed by atoms with van der Waals surface area (Å²) in [5, 5.41) is 1.81. The van der Waals surface area contributed by atoms with E-state index in [4.69, 9.17) is 11.6 Å². The van der Waals surface area contributed by atoms with Gasteiger partial charge in [-0.25, -0.2) is 4.98 Å². The summed E-state index contributed by atoms with van der Waals surface area (Å²) < 4.78 is 0. The summed E-state index contributed by atoms with van der Waals surface area (Å²) in [7, 11) is 2.22. The Morgan fingerprint density at radius 1 is 1.29 bits per heavy atom. The van der Waals surface area contributed by atoms with Gasteiger partial charge in [0.15, 0.2) is 0 Å². The van der Waals surface area contributed by atoms with Gasteiger partial charge in [-0.15, -0.1) is 0 Å². The third kappa shape index (κ3) is 3.38. The maximum absolute atomic E-state index is 6.38. The predicted octanol–water partition coefficient (Wildman–Crippen LogP) is 4.90. The lowest BCUT2D eigenvalue weighted by molar-refractivity contribution is 0.157. The summed E-state index contributed by atoms with van der Waals surface area (Å²) in [5.41, 5.74) is 2.11. The average Bonchev–Trinajstić information content (AvgIpc) is 2.48. The zero-order valence-corrected chi connectivity index (χ0v) is 13.6. The Hall–Kier alpha value is -1.12. The molecule has 1 aromatic heterocycles. The molecule has 2 atom stereocenters. The van der Waals surface area contributed by atoms with Crippen molar-refractivity contribution >= 4 is 22.5 Å². The molecule has 2 unspecified atom stereocenters. The molecule has 1 saturated carbocycles. The van der Waals surface area contributed by atoms with E-state index in [0.29, 0.717) is 11.2 Å². The number of fused-ring (bicyclic) bond motifs is 1. The van der Waals surface area contributed by atoms with E-state index in [1.54, 1.807) is 0 Å². The molecule has 1 heterocycles. The number of hydrogen-bond acceptors (Lipinski definition) is 2. The van der Waals surface area contributed by atoms with Crippen LogP contribution >= 0.6 is 11.6 Å². The Balaban J connectivity index is 1.79. The van der Waals surface area contributed by atoms with Crippen LogP contribution < -0.4 is 0 Å². The second-order valence-corrected chi connectivity index (χ2v) is 6.83. The molecule has 112 valence electrons. The molecule has 1 aliphatic rings. The van der Waals surface area contributed by atoms with Crippen molar-refractivity contribution in [3.8, 4) is 0 Å². The Bertz CT molecular complexity index is 626. The van der Waals surface area contributed by atoms with E-state index in [1.165, 1.54) is 31.1 Å². The second kappa shape index (κ2) is 6.33. The lowest BCUT2D eigenvalue weighted by Crippen LogP contribution is -2.35. The number of halogens is 1. The molecule has 0 spiro atoms. The number of para-hydroxylation sites is 1. The summed E-state index contributed by atoms with van der Waals surface area (Å²) in [6, 6.07) is 11.0. The summed E-state index contributed by atoms with van der Waals surface area (Å²) in [6.07, 6.45) is 5.33. The smallest absolute Gasteiger partial charge is 0.134 e. The molecule has 1 aliphatic carbocycles. The van der Waals surface area contributed by atoms with Gasteiger partial charge in [-0.1, -0.05) is 49.6 Å². The van der Waals surface area contributed by atoms with Crippen molar-refractivity contribution < 1.29 is 0 Å². The third-order valence-corrected chi connectivity index (χ3v) is 5.03. The van der Waals surface area contributed by atoms with Gasteiger partial charge in [-0.2, -0.15) is 0 Å². The number of rotatable bonds is 3. The zero-order chi connectivity index (χ0) is 14.8. The minimum atomic E-state index is 0.643. The molecule has 1 fully saturated rings. The van der Waals surface area contributed by atoms with Gasteiger partial charge in [-0.3, -0.25) is 4.90 Å². The van der Waals surface area contributed by atoms with E-state index in [2.05, 4.69) is 36.0 Å². The Morgan fingerprint density at radius 3 is 2.90 bits per heavy atom. The van der Waals surface area contributed by atoms with Gasteiger partial charge in [0.25, 0.3) is 0 Å². The highest BCUT2D eigenvalue weighted by Gasteiger charge is 2.23. The average molecular weight is 303 g/mol. The highest BCUT2D eigenvalue weighted by molar-refractivity contribution is 6.30. The number of benzene rings is 1. The molecule has 21 heavy (non-hydrogen) atoms. The molecule has 2 aromatic rings. The van der Waals surface area contributed by atoms with Crippen molar-refractivity contribution in [3.63, 3.8) is 0 Å². The monoisotopic (exact) mass is 302 g/mol. The second-order valence-electron chi connectivity index (χ2n) is 6.47. The Kier molecular flexibility index (Phi) is 4.46. The number of pyridine rings is 1. The highest BCUT2D eigenvalue weighted by Crippen LogP contribution is 2.29. The molecule has 0 amide bonds. The van der Waals surface area contributed by atoms with E-state index in [-0.39, 0.29) is 0 Å². The first-order valence-corrected chi connectivity index (χ1v) is 8.25. The van der Waals surface area contributed by atoms with Crippen molar-refractivity contribution in [2.24, 2.45) is 5.92 Å². The summed E-state index contributed by atoms with van der Waals surface area (Å²) in [4.78, 5) is 6.98. The minimum Gasteiger partial charge on any atom is -0.299 e. The van der Waals surface area contributed by atoms with Gasteiger partial charge in [-0.05, 0) is 37.9 Å². The molecule has 1 aromatic carbocycles. The van der Waals surface area contributed by atoms with Crippen LogP contribution in [0.1, 0.15) is 38.2 Å². The Morgan fingerprint density at radius 2 is 2.10 bits per heavy atom. The minimum absolute atomic E-state index is 0.643. The van der Waals surface area contributed by atoms with Crippen LogP contribution in [-0.4, -0.2) is 23.0 Å². The summed E-state index contributed by atoms with van der Waals surface area (Å²) >= 11 is 6.38. The van der Waals surface area contributed by atoms with Crippen molar-refractivity contribution in [2.45, 2.75) is 45.2 Å². The molecule has 3 heteroatoms. The quantitative estimate of drug-likeness (QED) is 0.750.